The Morgan fingerprint density at radius 1 is 0.812 bits per heavy atom. The quantitative estimate of drug-likeness (QED) is 0.498. The molecular formula is C27H23N3O2. The van der Waals surface area contributed by atoms with Crippen molar-refractivity contribution in [1.82, 2.24) is 9.88 Å². The van der Waals surface area contributed by atoms with Gasteiger partial charge in [-0.1, -0.05) is 66.7 Å². The number of fused-ring (bicyclic) bond motifs is 3. The summed E-state index contributed by atoms with van der Waals surface area (Å²) in [7, 11) is 0. The number of hydrogen-bond acceptors (Lipinski definition) is 3. The molecule has 1 fully saturated rings. The van der Waals surface area contributed by atoms with E-state index in [0.717, 1.165) is 29.7 Å². The van der Waals surface area contributed by atoms with Crippen LogP contribution >= 0.6 is 0 Å². The van der Waals surface area contributed by atoms with E-state index in [4.69, 9.17) is 0 Å². The number of hydrogen-bond donors (Lipinski definition) is 1. The molecule has 0 radical (unpaired) electrons. The van der Waals surface area contributed by atoms with Gasteiger partial charge in [0.25, 0.3) is 5.91 Å². The molecule has 2 amide bonds. The van der Waals surface area contributed by atoms with Crippen LogP contribution < -0.4 is 4.90 Å². The molecule has 0 saturated carbocycles. The largest absolute Gasteiger partial charge is 0.357 e. The van der Waals surface area contributed by atoms with Gasteiger partial charge in [-0.15, -0.1) is 0 Å². The summed E-state index contributed by atoms with van der Waals surface area (Å²) in [4.78, 5) is 33.7. The van der Waals surface area contributed by atoms with Crippen LogP contribution in [0.25, 0.3) is 10.9 Å². The Balaban J connectivity index is 1.45. The van der Waals surface area contributed by atoms with Crippen molar-refractivity contribution in [2.75, 3.05) is 11.4 Å². The lowest BCUT2D eigenvalue weighted by molar-refractivity contribution is -0.123. The number of aromatic nitrogens is 1. The second-order valence-electron chi connectivity index (χ2n) is 8.49. The fourth-order valence-corrected chi connectivity index (χ4v) is 5.31. The Morgan fingerprint density at radius 3 is 2.28 bits per heavy atom. The first kappa shape index (κ1) is 19.0. The fraction of sp³-hybridized carbons (Fsp3) is 0.185. The summed E-state index contributed by atoms with van der Waals surface area (Å²) in [5.41, 5.74) is 5.31. The van der Waals surface area contributed by atoms with Gasteiger partial charge >= 0.3 is 0 Å². The lowest BCUT2D eigenvalue weighted by Gasteiger charge is -2.39. The molecule has 32 heavy (non-hydrogen) atoms. The topological polar surface area (TPSA) is 56.4 Å². The minimum Gasteiger partial charge on any atom is -0.357 e. The van der Waals surface area contributed by atoms with Gasteiger partial charge in [-0.25, -0.2) is 4.90 Å². The number of carbonyl (C=O) groups excluding carboxylic acids is 2. The van der Waals surface area contributed by atoms with Crippen LogP contribution in [-0.4, -0.2) is 34.3 Å². The van der Waals surface area contributed by atoms with Crippen molar-refractivity contribution < 1.29 is 9.59 Å². The summed E-state index contributed by atoms with van der Waals surface area (Å²) in [5, 5.41) is 1.24. The first-order valence-electron chi connectivity index (χ1n) is 11.0. The Labute approximate surface area is 186 Å². The zero-order valence-electron chi connectivity index (χ0n) is 17.6. The third-order valence-corrected chi connectivity index (χ3v) is 6.72. The minimum atomic E-state index is -0.479. The van der Waals surface area contributed by atoms with Gasteiger partial charge in [0.05, 0.1) is 24.2 Å². The second-order valence-corrected chi connectivity index (χ2v) is 8.49. The number of H-pyrrole nitrogens is 1. The lowest BCUT2D eigenvalue weighted by Crippen LogP contribution is -2.47. The van der Waals surface area contributed by atoms with E-state index in [0.29, 0.717) is 5.69 Å². The summed E-state index contributed by atoms with van der Waals surface area (Å²) >= 11 is 0. The molecule has 0 spiro atoms. The predicted octanol–water partition coefficient (Wildman–Crippen LogP) is 4.45. The van der Waals surface area contributed by atoms with E-state index in [1.165, 1.54) is 15.8 Å². The molecule has 2 aliphatic rings. The third-order valence-electron chi connectivity index (χ3n) is 6.72. The molecule has 1 N–H and O–H groups in total. The molecule has 158 valence electrons. The van der Waals surface area contributed by atoms with Crippen molar-refractivity contribution in [3.63, 3.8) is 0 Å². The fourth-order valence-electron chi connectivity index (χ4n) is 5.31. The van der Waals surface area contributed by atoms with Gasteiger partial charge in [0, 0.05) is 23.1 Å². The SMILES string of the molecule is O=C1C[C@@H](N2CCc3c([nH]c4ccccc34)[C@H]2c2ccccc2)C(=O)N1c1ccccc1. The Morgan fingerprint density at radius 2 is 1.50 bits per heavy atom. The van der Waals surface area contributed by atoms with Gasteiger partial charge < -0.3 is 4.98 Å². The zero-order valence-corrected chi connectivity index (χ0v) is 17.6. The molecule has 0 bridgehead atoms. The number of nitrogens with zero attached hydrogens (tertiary/aromatic N) is 2. The molecule has 5 nitrogen and oxygen atoms in total. The molecule has 2 aliphatic heterocycles. The highest BCUT2D eigenvalue weighted by molar-refractivity contribution is 6.22. The monoisotopic (exact) mass is 421 g/mol. The van der Waals surface area contributed by atoms with Crippen LogP contribution in [0.15, 0.2) is 84.9 Å². The van der Waals surface area contributed by atoms with Gasteiger partial charge in [-0.2, -0.15) is 0 Å². The average molecular weight is 422 g/mol. The zero-order chi connectivity index (χ0) is 21.7. The van der Waals surface area contributed by atoms with Crippen LogP contribution in [-0.2, 0) is 16.0 Å². The summed E-state index contributed by atoms with van der Waals surface area (Å²) < 4.78 is 0. The smallest absolute Gasteiger partial charge is 0.251 e. The maximum atomic E-state index is 13.5. The molecule has 6 rings (SSSR count). The Bertz CT molecular complexity index is 1310. The van der Waals surface area contributed by atoms with E-state index in [-0.39, 0.29) is 24.3 Å². The van der Waals surface area contributed by atoms with E-state index in [1.54, 1.807) is 0 Å². The molecule has 3 heterocycles. The maximum Gasteiger partial charge on any atom is 0.251 e. The van der Waals surface area contributed by atoms with Crippen molar-refractivity contribution in [2.24, 2.45) is 0 Å². The highest BCUT2D eigenvalue weighted by Crippen LogP contribution is 2.41. The summed E-state index contributed by atoms with van der Waals surface area (Å²) in [6.45, 7) is 0.723. The lowest BCUT2D eigenvalue weighted by atomic mass is 9.90. The second kappa shape index (κ2) is 7.46. The summed E-state index contributed by atoms with van der Waals surface area (Å²) in [6, 6.07) is 27.3. The van der Waals surface area contributed by atoms with Crippen LogP contribution in [0.3, 0.4) is 0 Å². The number of aromatic amines is 1. The number of imide groups is 1. The van der Waals surface area contributed by atoms with Crippen LogP contribution in [0.2, 0.25) is 0 Å². The summed E-state index contributed by atoms with van der Waals surface area (Å²) in [5.74, 6) is -0.276. The van der Waals surface area contributed by atoms with Crippen molar-refractivity contribution >= 4 is 28.4 Å². The van der Waals surface area contributed by atoms with Crippen LogP contribution in [0.4, 0.5) is 5.69 Å². The highest BCUT2D eigenvalue weighted by Gasteiger charge is 2.46. The minimum absolute atomic E-state index is 0.107. The van der Waals surface area contributed by atoms with E-state index in [1.807, 2.05) is 54.6 Å². The highest BCUT2D eigenvalue weighted by atomic mass is 16.2. The molecular weight excluding hydrogens is 398 g/mol. The number of carbonyl (C=O) groups is 2. The van der Waals surface area contributed by atoms with Crippen LogP contribution in [0.1, 0.15) is 29.3 Å². The Hall–Kier alpha value is -3.70. The van der Waals surface area contributed by atoms with Crippen molar-refractivity contribution in [1.29, 1.82) is 0 Å². The molecule has 1 aromatic heterocycles. The first-order valence-corrected chi connectivity index (χ1v) is 11.0. The molecule has 0 unspecified atom stereocenters. The number of benzene rings is 3. The van der Waals surface area contributed by atoms with E-state index in [9.17, 15) is 9.59 Å². The molecule has 4 aromatic rings. The molecule has 2 atom stereocenters. The van der Waals surface area contributed by atoms with E-state index in [2.05, 4.69) is 40.2 Å². The van der Waals surface area contributed by atoms with Crippen LogP contribution in [0.5, 0.6) is 0 Å². The first-order chi connectivity index (χ1) is 15.7. The number of anilines is 1. The molecule has 1 saturated heterocycles. The Kier molecular flexibility index (Phi) is 4.44. The standard InChI is InChI=1S/C27H23N3O2/c31-24-17-23(27(32)30(24)19-11-5-2-6-12-19)29-16-15-21-20-13-7-8-14-22(20)28-25(21)26(29)18-9-3-1-4-10-18/h1-14,23,26,28H,15-17H2/t23-,26-/m1/s1. The molecule has 3 aromatic carbocycles. The third kappa shape index (κ3) is 2.89. The van der Waals surface area contributed by atoms with Crippen molar-refractivity contribution in [2.45, 2.75) is 24.9 Å². The number of amides is 2. The summed E-state index contributed by atoms with van der Waals surface area (Å²) in [6.07, 6.45) is 1.04. The molecule has 0 aliphatic carbocycles. The molecule has 5 heteroatoms. The average Bonchev–Trinajstić information content (AvgIpc) is 3.36. The van der Waals surface area contributed by atoms with Gasteiger partial charge in [0.15, 0.2) is 0 Å². The number of para-hydroxylation sites is 2. The van der Waals surface area contributed by atoms with E-state index < -0.39 is 6.04 Å². The van der Waals surface area contributed by atoms with Gasteiger partial charge in [-0.05, 0) is 35.7 Å². The van der Waals surface area contributed by atoms with E-state index >= 15 is 0 Å². The van der Waals surface area contributed by atoms with Crippen molar-refractivity contribution in [3.8, 4) is 0 Å². The van der Waals surface area contributed by atoms with Gasteiger partial charge in [-0.3, -0.25) is 14.5 Å². The van der Waals surface area contributed by atoms with Gasteiger partial charge in [0.2, 0.25) is 5.91 Å². The normalized spacial score (nSPS) is 21.3. The number of nitrogens with one attached hydrogen (secondary N) is 1. The van der Waals surface area contributed by atoms with Gasteiger partial charge in [0.1, 0.15) is 0 Å². The van der Waals surface area contributed by atoms with Crippen LogP contribution in [0, 0.1) is 0 Å². The predicted molar refractivity (Wildman–Crippen MR) is 124 cm³/mol. The number of rotatable bonds is 3. The van der Waals surface area contributed by atoms with Crippen molar-refractivity contribution in [3.05, 3.63) is 102 Å². The maximum absolute atomic E-state index is 13.5.